The van der Waals surface area contributed by atoms with Crippen molar-refractivity contribution in [2.45, 2.75) is 6.42 Å². The number of pyridine rings is 1. The number of hydrogen-bond donors (Lipinski definition) is 1. The van der Waals surface area contributed by atoms with Crippen LogP contribution >= 0.6 is 12.0 Å². The Balaban J connectivity index is 2.16. The SMILES string of the molecule is OOOSCCc1ccncc1. The molecule has 66 valence electrons. The van der Waals surface area contributed by atoms with Gasteiger partial charge in [-0.15, -0.1) is 4.33 Å². The van der Waals surface area contributed by atoms with Crippen LogP contribution in [0.3, 0.4) is 0 Å². The van der Waals surface area contributed by atoms with Gasteiger partial charge in [0.05, 0.1) is 0 Å². The van der Waals surface area contributed by atoms with Crippen LogP contribution in [0.15, 0.2) is 24.5 Å². The second-order valence-corrected chi connectivity index (χ2v) is 2.85. The van der Waals surface area contributed by atoms with Crippen LogP contribution < -0.4 is 0 Å². The largest absolute Gasteiger partial charge is 0.265 e. The molecule has 0 amide bonds. The second kappa shape index (κ2) is 5.96. The summed E-state index contributed by atoms with van der Waals surface area (Å²) < 4.78 is 4.21. The lowest BCUT2D eigenvalue weighted by Crippen LogP contribution is -1.89. The average molecular weight is 187 g/mol. The van der Waals surface area contributed by atoms with Crippen molar-refractivity contribution in [3.63, 3.8) is 0 Å². The van der Waals surface area contributed by atoms with Gasteiger partial charge in [0, 0.05) is 30.2 Å². The smallest absolute Gasteiger partial charge is 0.0349 e. The summed E-state index contributed by atoms with van der Waals surface area (Å²) >= 11 is 1.06. The van der Waals surface area contributed by atoms with E-state index in [0.29, 0.717) is 0 Å². The monoisotopic (exact) mass is 187 g/mol. The van der Waals surface area contributed by atoms with E-state index in [0.717, 1.165) is 24.2 Å². The Morgan fingerprint density at radius 1 is 1.42 bits per heavy atom. The molecule has 12 heavy (non-hydrogen) atoms. The number of aryl methyl sites for hydroxylation is 1. The lowest BCUT2D eigenvalue weighted by atomic mass is 10.2. The first-order chi connectivity index (χ1) is 5.93. The molecule has 1 N–H and O–H groups in total. The molecule has 0 saturated heterocycles. The molecule has 1 rings (SSSR count). The molecule has 5 heteroatoms. The van der Waals surface area contributed by atoms with Crippen molar-refractivity contribution in [3.05, 3.63) is 30.1 Å². The van der Waals surface area contributed by atoms with E-state index in [-0.39, 0.29) is 0 Å². The molecule has 0 saturated carbocycles. The van der Waals surface area contributed by atoms with E-state index in [1.807, 2.05) is 12.1 Å². The van der Waals surface area contributed by atoms with Gasteiger partial charge >= 0.3 is 0 Å². The fraction of sp³-hybridized carbons (Fsp3) is 0.286. The highest BCUT2D eigenvalue weighted by Crippen LogP contribution is 2.06. The second-order valence-electron chi connectivity index (χ2n) is 2.07. The number of nitrogens with zero attached hydrogens (tertiary/aromatic N) is 1. The summed E-state index contributed by atoms with van der Waals surface area (Å²) in [4.78, 5) is 3.89. The summed E-state index contributed by atoms with van der Waals surface area (Å²) in [7, 11) is 0. The summed E-state index contributed by atoms with van der Waals surface area (Å²) in [5.74, 6) is 0.727. The van der Waals surface area contributed by atoms with Crippen molar-refractivity contribution in [2.75, 3.05) is 5.75 Å². The van der Waals surface area contributed by atoms with Crippen LogP contribution in [0.1, 0.15) is 5.56 Å². The predicted molar refractivity (Wildman–Crippen MR) is 45.2 cm³/mol. The number of aromatic nitrogens is 1. The Labute approximate surface area is 74.6 Å². The lowest BCUT2D eigenvalue weighted by Gasteiger charge is -1.97. The fourth-order valence-corrected chi connectivity index (χ4v) is 1.19. The van der Waals surface area contributed by atoms with Crippen molar-refractivity contribution in [1.82, 2.24) is 4.98 Å². The Morgan fingerprint density at radius 3 is 2.83 bits per heavy atom. The van der Waals surface area contributed by atoms with E-state index >= 15 is 0 Å². The zero-order valence-corrected chi connectivity index (χ0v) is 7.16. The first-order valence-corrected chi connectivity index (χ1v) is 4.33. The minimum atomic E-state index is 0.727. The molecule has 0 fully saturated rings. The third-order valence-corrected chi connectivity index (χ3v) is 1.83. The van der Waals surface area contributed by atoms with E-state index in [2.05, 4.69) is 14.4 Å². The summed E-state index contributed by atoms with van der Waals surface area (Å²) in [5, 5.41) is 11.2. The van der Waals surface area contributed by atoms with Gasteiger partial charge in [0.1, 0.15) is 0 Å². The molecule has 0 unspecified atom stereocenters. The van der Waals surface area contributed by atoms with Gasteiger partial charge in [-0.05, 0) is 24.1 Å². The third-order valence-electron chi connectivity index (χ3n) is 1.30. The van der Waals surface area contributed by atoms with Crippen molar-refractivity contribution in [3.8, 4) is 0 Å². The van der Waals surface area contributed by atoms with E-state index in [9.17, 15) is 0 Å². The highest BCUT2D eigenvalue weighted by atomic mass is 32.2. The highest BCUT2D eigenvalue weighted by Gasteiger charge is 1.93. The van der Waals surface area contributed by atoms with Gasteiger partial charge in [0.15, 0.2) is 0 Å². The van der Waals surface area contributed by atoms with E-state index in [4.69, 9.17) is 5.26 Å². The highest BCUT2D eigenvalue weighted by molar-refractivity contribution is 7.94. The summed E-state index contributed by atoms with van der Waals surface area (Å²) in [6, 6.07) is 3.86. The molecular formula is C7H9NO3S. The summed E-state index contributed by atoms with van der Waals surface area (Å²) in [6.45, 7) is 0. The number of rotatable bonds is 5. The molecular weight excluding hydrogens is 178 g/mol. The van der Waals surface area contributed by atoms with Crippen LogP contribution in [0.5, 0.6) is 0 Å². The Hall–Kier alpha value is -0.620. The van der Waals surface area contributed by atoms with Crippen LogP contribution in [-0.2, 0) is 15.8 Å². The molecule has 1 aromatic heterocycles. The maximum Gasteiger partial charge on any atom is 0.0349 e. The third kappa shape index (κ3) is 3.68. The quantitative estimate of drug-likeness (QED) is 0.329. The molecule has 1 aromatic rings. The minimum absolute atomic E-state index is 0.727. The minimum Gasteiger partial charge on any atom is -0.265 e. The first-order valence-electron chi connectivity index (χ1n) is 3.42. The van der Waals surface area contributed by atoms with Crippen molar-refractivity contribution in [1.29, 1.82) is 0 Å². The number of hydrogen-bond acceptors (Lipinski definition) is 5. The zero-order chi connectivity index (χ0) is 8.65. The molecule has 0 aliphatic rings. The van der Waals surface area contributed by atoms with Gasteiger partial charge in [-0.3, -0.25) is 4.98 Å². The van der Waals surface area contributed by atoms with Crippen LogP contribution in [0.2, 0.25) is 0 Å². The van der Waals surface area contributed by atoms with Crippen LogP contribution in [0.4, 0.5) is 0 Å². The van der Waals surface area contributed by atoms with E-state index in [1.165, 1.54) is 5.56 Å². The molecule has 0 radical (unpaired) electrons. The molecule has 0 aliphatic heterocycles. The lowest BCUT2D eigenvalue weighted by molar-refractivity contribution is -0.432. The van der Waals surface area contributed by atoms with Gasteiger partial charge < -0.3 is 0 Å². The van der Waals surface area contributed by atoms with Gasteiger partial charge in [0.25, 0.3) is 0 Å². The normalized spacial score (nSPS) is 10.1. The van der Waals surface area contributed by atoms with Crippen molar-refractivity contribution < 1.29 is 14.6 Å². The van der Waals surface area contributed by atoms with E-state index in [1.54, 1.807) is 12.4 Å². The maximum atomic E-state index is 7.81. The maximum absolute atomic E-state index is 7.81. The molecule has 0 spiro atoms. The molecule has 1 heterocycles. The topological polar surface area (TPSA) is 51.6 Å². The molecule has 0 bridgehead atoms. The zero-order valence-electron chi connectivity index (χ0n) is 6.34. The van der Waals surface area contributed by atoms with Crippen molar-refractivity contribution >= 4 is 12.0 Å². The Kier molecular flexibility index (Phi) is 4.70. The Morgan fingerprint density at radius 2 is 2.17 bits per heavy atom. The summed E-state index contributed by atoms with van der Waals surface area (Å²) in [6.07, 6.45) is 4.34. The molecule has 0 aromatic carbocycles. The first kappa shape index (κ1) is 9.47. The van der Waals surface area contributed by atoms with Crippen LogP contribution in [-0.4, -0.2) is 16.0 Å². The van der Waals surface area contributed by atoms with Gasteiger partial charge in [-0.2, -0.15) is 0 Å². The van der Waals surface area contributed by atoms with Gasteiger partial charge in [0.2, 0.25) is 0 Å². The van der Waals surface area contributed by atoms with E-state index < -0.39 is 0 Å². The predicted octanol–water partition coefficient (Wildman–Crippen LogP) is 1.69. The van der Waals surface area contributed by atoms with Gasteiger partial charge in [-0.25, -0.2) is 5.26 Å². The average Bonchev–Trinajstić information content (AvgIpc) is 2.14. The Bertz CT molecular complexity index is 207. The molecule has 0 aliphatic carbocycles. The molecule has 4 nitrogen and oxygen atoms in total. The fourth-order valence-electron chi connectivity index (χ4n) is 0.765. The van der Waals surface area contributed by atoms with Gasteiger partial charge in [-0.1, -0.05) is 5.04 Å². The standard InChI is InChI=1S/C7H9NO3S/c9-10-11-12-6-3-7-1-4-8-5-2-7/h1-2,4-5,9H,3,6H2. The van der Waals surface area contributed by atoms with Crippen molar-refractivity contribution in [2.24, 2.45) is 0 Å². The molecule has 0 atom stereocenters. The summed E-state index contributed by atoms with van der Waals surface area (Å²) in [5.41, 5.74) is 1.18. The van der Waals surface area contributed by atoms with Crippen LogP contribution in [0, 0.1) is 0 Å². The van der Waals surface area contributed by atoms with Crippen LogP contribution in [0.25, 0.3) is 0 Å².